The lowest BCUT2D eigenvalue weighted by molar-refractivity contribution is 0.0956. The quantitative estimate of drug-likeness (QED) is 0.644. The largest absolute Gasteiger partial charge is 0.397 e. The Morgan fingerprint density at radius 3 is 2.71 bits per heavy atom. The standard InChI is InChI=1S/C16H27N3O2/c1-5-18-15(20)12-6-7-13(17)14(10-12)19-11-16(2,3)8-9-21-4/h6-7,10,19H,5,8-9,11,17H2,1-4H3,(H,18,20). The van der Waals surface area contributed by atoms with Crippen LogP contribution in [0.5, 0.6) is 0 Å². The number of rotatable bonds is 8. The fourth-order valence-corrected chi connectivity index (χ4v) is 1.91. The Labute approximate surface area is 127 Å². The SMILES string of the molecule is CCNC(=O)c1ccc(N)c(NCC(C)(C)CCOC)c1. The van der Waals surface area contributed by atoms with Crippen LogP contribution >= 0.6 is 0 Å². The second-order valence-corrected chi connectivity index (χ2v) is 5.92. The van der Waals surface area contributed by atoms with Gasteiger partial charge in [0.05, 0.1) is 11.4 Å². The van der Waals surface area contributed by atoms with Gasteiger partial charge in [-0.1, -0.05) is 13.8 Å². The van der Waals surface area contributed by atoms with Gasteiger partial charge in [-0.05, 0) is 37.0 Å². The minimum Gasteiger partial charge on any atom is -0.397 e. The van der Waals surface area contributed by atoms with Crippen molar-refractivity contribution < 1.29 is 9.53 Å². The topological polar surface area (TPSA) is 76.4 Å². The Bertz CT molecular complexity index is 473. The van der Waals surface area contributed by atoms with Gasteiger partial charge in [-0.25, -0.2) is 0 Å². The molecule has 0 spiro atoms. The van der Waals surface area contributed by atoms with Crippen molar-refractivity contribution in [2.45, 2.75) is 27.2 Å². The summed E-state index contributed by atoms with van der Waals surface area (Å²) in [6.07, 6.45) is 0.951. The number of anilines is 2. The lowest BCUT2D eigenvalue weighted by Crippen LogP contribution is -2.26. The van der Waals surface area contributed by atoms with Crippen LogP contribution in [-0.2, 0) is 4.74 Å². The molecule has 0 fully saturated rings. The van der Waals surface area contributed by atoms with Crippen LogP contribution in [0.1, 0.15) is 37.6 Å². The van der Waals surface area contributed by atoms with Crippen molar-refractivity contribution in [1.29, 1.82) is 0 Å². The van der Waals surface area contributed by atoms with E-state index < -0.39 is 0 Å². The Balaban J connectivity index is 2.74. The summed E-state index contributed by atoms with van der Waals surface area (Å²) in [6.45, 7) is 8.33. The number of nitrogen functional groups attached to an aromatic ring is 1. The maximum absolute atomic E-state index is 11.9. The maximum Gasteiger partial charge on any atom is 0.251 e. The first-order valence-corrected chi connectivity index (χ1v) is 7.30. The molecule has 0 heterocycles. The molecule has 5 heteroatoms. The Hall–Kier alpha value is -1.75. The van der Waals surface area contributed by atoms with Gasteiger partial charge in [0.1, 0.15) is 0 Å². The normalized spacial score (nSPS) is 11.2. The third-order valence-electron chi connectivity index (χ3n) is 3.39. The van der Waals surface area contributed by atoms with E-state index in [1.54, 1.807) is 25.3 Å². The molecule has 0 aliphatic heterocycles. The van der Waals surface area contributed by atoms with Gasteiger partial charge in [0.25, 0.3) is 5.91 Å². The van der Waals surface area contributed by atoms with Gasteiger partial charge in [0.15, 0.2) is 0 Å². The summed E-state index contributed by atoms with van der Waals surface area (Å²) < 4.78 is 5.13. The number of carbonyl (C=O) groups is 1. The molecular weight excluding hydrogens is 266 g/mol. The molecule has 5 nitrogen and oxygen atoms in total. The molecule has 1 rings (SSSR count). The van der Waals surface area contributed by atoms with Crippen molar-refractivity contribution in [3.8, 4) is 0 Å². The van der Waals surface area contributed by atoms with Crippen LogP contribution in [0, 0.1) is 5.41 Å². The van der Waals surface area contributed by atoms with Gasteiger partial charge in [-0.2, -0.15) is 0 Å². The molecule has 0 bridgehead atoms. The average molecular weight is 293 g/mol. The third-order valence-corrected chi connectivity index (χ3v) is 3.39. The van der Waals surface area contributed by atoms with E-state index in [-0.39, 0.29) is 11.3 Å². The number of amides is 1. The van der Waals surface area contributed by atoms with Crippen molar-refractivity contribution in [2.24, 2.45) is 5.41 Å². The predicted molar refractivity (Wildman–Crippen MR) is 87.6 cm³/mol. The second-order valence-electron chi connectivity index (χ2n) is 5.92. The smallest absolute Gasteiger partial charge is 0.251 e. The van der Waals surface area contributed by atoms with Crippen LogP contribution in [0.4, 0.5) is 11.4 Å². The minimum absolute atomic E-state index is 0.0841. The van der Waals surface area contributed by atoms with E-state index in [0.717, 1.165) is 25.3 Å². The summed E-state index contributed by atoms with van der Waals surface area (Å²) in [5, 5.41) is 6.12. The van der Waals surface area contributed by atoms with Gasteiger partial charge in [0.2, 0.25) is 0 Å². The molecule has 1 amide bonds. The molecule has 21 heavy (non-hydrogen) atoms. The molecule has 1 aromatic rings. The lowest BCUT2D eigenvalue weighted by Gasteiger charge is -2.25. The van der Waals surface area contributed by atoms with E-state index in [2.05, 4.69) is 24.5 Å². The summed E-state index contributed by atoms with van der Waals surface area (Å²) in [4.78, 5) is 11.9. The highest BCUT2D eigenvalue weighted by Crippen LogP contribution is 2.25. The number of ether oxygens (including phenoxy) is 1. The van der Waals surface area contributed by atoms with E-state index in [9.17, 15) is 4.79 Å². The van der Waals surface area contributed by atoms with Crippen LogP contribution in [-0.4, -0.2) is 32.7 Å². The van der Waals surface area contributed by atoms with Gasteiger partial charge in [-0.15, -0.1) is 0 Å². The first-order valence-electron chi connectivity index (χ1n) is 7.30. The highest BCUT2D eigenvalue weighted by molar-refractivity contribution is 5.96. The highest BCUT2D eigenvalue weighted by Gasteiger charge is 2.18. The van der Waals surface area contributed by atoms with Crippen molar-refractivity contribution in [3.63, 3.8) is 0 Å². The van der Waals surface area contributed by atoms with Crippen LogP contribution in [0.25, 0.3) is 0 Å². The van der Waals surface area contributed by atoms with Crippen LogP contribution in [0.3, 0.4) is 0 Å². The molecule has 0 radical (unpaired) electrons. The van der Waals surface area contributed by atoms with Gasteiger partial charge < -0.3 is 21.1 Å². The summed E-state index contributed by atoms with van der Waals surface area (Å²) in [5.74, 6) is -0.0841. The second kappa shape index (κ2) is 7.88. The molecule has 118 valence electrons. The maximum atomic E-state index is 11.9. The average Bonchev–Trinajstić information content (AvgIpc) is 2.44. The number of nitrogens with two attached hydrogens (primary N) is 1. The Morgan fingerprint density at radius 1 is 1.38 bits per heavy atom. The van der Waals surface area contributed by atoms with Gasteiger partial charge in [0, 0.05) is 32.4 Å². The van der Waals surface area contributed by atoms with Crippen molar-refractivity contribution in [1.82, 2.24) is 5.32 Å². The summed E-state index contributed by atoms with van der Waals surface area (Å²) in [6, 6.07) is 5.30. The lowest BCUT2D eigenvalue weighted by atomic mass is 9.89. The van der Waals surface area contributed by atoms with Gasteiger partial charge in [-0.3, -0.25) is 4.79 Å². The third kappa shape index (κ3) is 5.63. The molecule has 0 aromatic heterocycles. The minimum atomic E-state index is -0.0841. The van der Waals surface area contributed by atoms with E-state index in [4.69, 9.17) is 10.5 Å². The fourth-order valence-electron chi connectivity index (χ4n) is 1.91. The first-order chi connectivity index (χ1) is 9.89. The van der Waals surface area contributed by atoms with Gasteiger partial charge >= 0.3 is 0 Å². The summed E-state index contributed by atoms with van der Waals surface area (Å²) in [7, 11) is 1.71. The predicted octanol–water partition coefficient (Wildman–Crippen LogP) is 2.49. The van der Waals surface area contributed by atoms with Crippen LogP contribution in [0.15, 0.2) is 18.2 Å². The molecule has 0 saturated heterocycles. The number of nitrogens with one attached hydrogen (secondary N) is 2. The molecule has 0 aliphatic rings. The zero-order valence-electron chi connectivity index (χ0n) is 13.5. The first kappa shape index (κ1) is 17.3. The van der Waals surface area contributed by atoms with Crippen molar-refractivity contribution >= 4 is 17.3 Å². The van der Waals surface area contributed by atoms with E-state index in [1.165, 1.54) is 0 Å². The molecule has 0 saturated carbocycles. The number of hydrogen-bond donors (Lipinski definition) is 3. The van der Waals surface area contributed by atoms with E-state index in [1.807, 2.05) is 6.92 Å². The van der Waals surface area contributed by atoms with E-state index in [0.29, 0.717) is 17.8 Å². The number of carbonyl (C=O) groups excluding carboxylic acids is 1. The molecular formula is C16H27N3O2. The molecule has 4 N–H and O–H groups in total. The van der Waals surface area contributed by atoms with Crippen LogP contribution < -0.4 is 16.4 Å². The highest BCUT2D eigenvalue weighted by atomic mass is 16.5. The summed E-state index contributed by atoms with van der Waals surface area (Å²) >= 11 is 0. The fraction of sp³-hybridized carbons (Fsp3) is 0.562. The molecule has 0 atom stereocenters. The van der Waals surface area contributed by atoms with Crippen LogP contribution in [0.2, 0.25) is 0 Å². The van der Waals surface area contributed by atoms with E-state index >= 15 is 0 Å². The number of methoxy groups -OCH3 is 1. The van der Waals surface area contributed by atoms with Crippen molar-refractivity contribution in [3.05, 3.63) is 23.8 Å². The Morgan fingerprint density at radius 2 is 2.10 bits per heavy atom. The van der Waals surface area contributed by atoms with Crippen molar-refractivity contribution in [2.75, 3.05) is 37.9 Å². The zero-order valence-corrected chi connectivity index (χ0v) is 13.5. The number of benzene rings is 1. The molecule has 0 unspecified atom stereocenters. The molecule has 0 aliphatic carbocycles. The number of hydrogen-bond acceptors (Lipinski definition) is 4. The molecule has 1 aromatic carbocycles. The zero-order chi connectivity index (χ0) is 15.9. The summed E-state index contributed by atoms with van der Waals surface area (Å²) in [5.41, 5.74) is 8.12. The Kier molecular flexibility index (Phi) is 6.49. The monoisotopic (exact) mass is 293 g/mol.